The predicted molar refractivity (Wildman–Crippen MR) is 130 cm³/mol. The van der Waals surface area contributed by atoms with E-state index in [4.69, 9.17) is 18.6 Å². The van der Waals surface area contributed by atoms with Crippen LogP contribution >= 0.6 is 0 Å². The Morgan fingerprint density at radius 3 is 2.32 bits per heavy atom. The van der Waals surface area contributed by atoms with Crippen molar-refractivity contribution in [1.82, 2.24) is 0 Å². The largest absolute Gasteiger partial charge is 0.497 e. The number of furan rings is 1. The number of carbonyl (C=O) groups is 1. The molecule has 12 nitrogen and oxygen atoms in total. The number of hydrogen-bond acceptors (Lipinski definition) is 9. The lowest BCUT2D eigenvalue weighted by Gasteiger charge is -2.09. The molecule has 0 spiro atoms. The maximum atomic E-state index is 12.7. The minimum Gasteiger partial charge on any atom is -0.497 e. The Bertz CT molecular complexity index is 1450. The summed E-state index contributed by atoms with van der Waals surface area (Å²) in [5, 5.41) is 25.1. The Balaban J connectivity index is 1.46. The van der Waals surface area contributed by atoms with E-state index < -0.39 is 15.8 Å². The second kappa shape index (κ2) is 10.9. The van der Waals surface area contributed by atoms with Crippen LogP contribution in [0.2, 0.25) is 0 Å². The minimum atomic E-state index is -0.673. The second-order valence-electron chi connectivity index (χ2n) is 7.48. The fourth-order valence-corrected chi connectivity index (χ4v) is 3.25. The van der Waals surface area contributed by atoms with E-state index in [0.717, 1.165) is 0 Å². The van der Waals surface area contributed by atoms with Gasteiger partial charge in [0.1, 0.15) is 29.6 Å². The molecule has 4 rings (SSSR count). The summed E-state index contributed by atoms with van der Waals surface area (Å²) in [6, 6.07) is 19.2. The number of methoxy groups -OCH3 is 1. The van der Waals surface area contributed by atoms with Gasteiger partial charge in [-0.15, -0.1) is 0 Å². The molecular formula is C25H19N3O9. The van der Waals surface area contributed by atoms with E-state index in [-0.39, 0.29) is 46.7 Å². The maximum absolute atomic E-state index is 12.7. The van der Waals surface area contributed by atoms with Gasteiger partial charge in [0.15, 0.2) is 11.5 Å². The Hall–Kier alpha value is -5.39. The highest BCUT2D eigenvalue weighted by atomic mass is 16.6. The van der Waals surface area contributed by atoms with Crippen molar-refractivity contribution < 1.29 is 33.3 Å². The van der Waals surface area contributed by atoms with Crippen LogP contribution < -0.4 is 19.5 Å². The zero-order valence-corrected chi connectivity index (χ0v) is 19.3. The summed E-state index contributed by atoms with van der Waals surface area (Å²) in [4.78, 5) is 34.0. The third kappa shape index (κ3) is 6.19. The van der Waals surface area contributed by atoms with Gasteiger partial charge in [0.2, 0.25) is 0 Å². The number of nitro groups is 2. The molecule has 0 unspecified atom stereocenters. The van der Waals surface area contributed by atoms with Crippen LogP contribution in [0.4, 0.5) is 17.1 Å². The van der Waals surface area contributed by atoms with Gasteiger partial charge in [0, 0.05) is 18.2 Å². The maximum Gasteiger partial charge on any atom is 0.310 e. The van der Waals surface area contributed by atoms with Gasteiger partial charge in [-0.05, 0) is 42.5 Å². The molecule has 3 aromatic carbocycles. The molecule has 37 heavy (non-hydrogen) atoms. The standard InChI is InChI=1S/C25H19N3O9/c1-34-18-6-8-19(9-7-18)36-21-13-16(12-17(14-21)27(30)31)26-25(29)24-11-10-20(37-24)15-35-23-5-3-2-4-22(23)28(32)33/h2-14H,15H2,1H3,(H,26,29). The van der Waals surface area contributed by atoms with Crippen LogP contribution in [0.25, 0.3) is 0 Å². The SMILES string of the molecule is COc1ccc(Oc2cc(NC(=O)c3ccc(COc4ccccc4[N+](=O)[O-])o3)cc([N+](=O)[O-])c2)cc1. The Morgan fingerprint density at radius 2 is 1.62 bits per heavy atom. The van der Waals surface area contributed by atoms with Crippen LogP contribution in [0.1, 0.15) is 16.3 Å². The van der Waals surface area contributed by atoms with Gasteiger partial charge in [-0.1, -0.05) is 12.1 Å². The molecule has 0 aliphatic carbocycles. The number of nitrogens with zero attached hydrogens (tertiary/aromatic N) is 2. The number of hydrogen-bond donors (Lipinski definition) is 1. The van der Waals surface area contributed by atoms with E-state index in [1.807, 2.05) is 0 Å². The van der Waals surface area contributed by atoms with Gasteiger partial charge in [-0.2, -0.15) is 0 Å². The van der Waals surface area contributed by atoms with Crippen molar-refractivity contribution in [3.63, 3.8) is 0 Å². The number of amides is 1. The van der Waals surface area contributed by atoms with Gasteiger partial charge < -0.3 is 23.9 Å². The molecule has 0 bridgehead atoms. The second-order valence-corrected chi connectivity index (χ2v) is 7.48. The van der Waals surface area contributed by atoms with Crippen LogP contribution in [-0.4, -0.2) is 22.9 Å². The first-order chi connectivity index (χ1) is 17.8. The summed E-state index contributed by atoms with van der Waals surface area (Å²) in [6.45, 7) is -0.158. The number of rotatable bonds is 10. The minimum absolute atomic E-state index is 0.0517. The summed E-state index contributed by atoms with van der Waals surface area (Å²) in [7, 11) is 1.52. The fraction of sp³-hybridized carbons (Fsp3) is 0.0800. The Morgan fingerprint density at radius 1 is 0.892 bits per heavy atom. The van der Waals surface area contributed by atoms with Crippen molar-refractivity contribution in [3.8, 4) is 23.0 Å². The summed E-state index contributed by atoms with van der Waals surface area (Å²) in [6.07, 6.45) is 0. The molecule has 1 amide bonds. The molecule has 1 heterocycles. The van der Waals surface area contributed by atoms with E-state index in [2.05, 4.69) is 5.32 Å². The van der Waals surface area contributed by atoms with Crippen molar-refractivity contribution in [2.45, 2.75) is 6.61 Å². The zero-order chi connectivity index (χ0) is 26.4. The number of nitro benzene ring substituents is 2. The molecule has 0 aliphatic heterocycles. The lowest BCUT2D eigenvalue weighted by molar-refractivity contribution is -0.386. The van der Waals surface area contributed by atoms with Crippen molar-refractivity contribution in [2.75, 3.05) is 12.4 Å². The zero-order valence-electron chi connectivity index (χ0n) is 19.3. The number of non-ortho nitro benzene ring substituents is 1. The summed E-state index contributed by atoms with van der Waals surface area (Å²) in [5.74, 6) is 0.685. The highest BCUT2D eigenvalue weighted by Gasteiger charge is 2.18. The molecule has 0 saturated carbocycles. The van der Waals surface area contributed by atoms with Gasteiger partial charge in [0.25, 0.3) is 11.6 Å². The number of benzene rings is 3. The van der Waals surface area contributed by atoms with E-state index in [1.165, 1.54) is 55.6 Å². The molecule has 0 atom stereocenters. The molecule has 0 radical (unpaired) electrons. The molecular weight excluding hydrogens is 486 g/mol. The summed E-state index contributed by atoms with van der Waals surface area (Å²) >= 11 is 0. The Labute approximate surface area is 209 Å². The average Bonchev–Trinajstić information content (AvgIpc) is 3.37. The number of para-hydroxylation sites is 2. The third-order valence-corrected chi connectivity index (χ3v) is 4.97. The van der Waals surface area contributed by atoms with Crippen LogP contribution in [-0.2, 0) is 6.61 Å². The normalized spacial score (nSPS) is 10.4. The average molecular weight is 505 g/mol. The predicted octanol–water partition coefficient (Wildman–Crippen LogP) is 5.73. The molecule has 1 N–H and O–H groups in total. The molecule has 12 heteroatoms. The van der Waals surface area contributed by atoms with Gasteiger partial charge in [-0.25, -0.2) is 0 Å². The number of carbonyl (C=O) groups excluding carboxylic acids is 1. The first-order valence-corrected chi connectivity index (χ1v) is 10.7. The van der Waals surface area contributed by atoms with Gasteiger partial charge >= 0.3 is 5.69 Å². The number of ether oxygens (including phenoxy) is 3. The monoisotopic (exact) mass is 505 g/mol. The molecule has 0 fully saturated rings. The highest BCUT2D eigenvalue weighted by Crippen LogP contribution is 2.31. The third-order valence-electron chi connectivity index (χ3n) is 4.97. The molecule has 1 aromatic heterocycles. The molecule has 188 valence electrons. The topological polar surface area (TPSA) is 156 Å². The Kier molecular flexibility index (Phi) is 7.29. The smallest absolute Gasteiger partial charge is 0.310 e. The molecule has 0 saturated heterocycles. The number of nitrogens with one attached hydrogen (secondary N) is 1. The first kappa shape index (κ1) is 24.7. The van der Waals surface area contributed by atoms with E-state index >= 15 is 0 Å². The van der Waals surface area contributed by atoms with Crippen LogP contribution in [0.3, 0.4) is 0 Å². The first-order valence-electron chi connectivity index (χ1n) is 10.7. The van der Waals surface area contributed by atoms with Crippen LogP contribution in [0.15, 0.2) is 83.3 Å². The summed E-state index contributed by atoms with van der Waals surface area (Å²) in [5.41, 5.74) is -0.388. The van der Waals surface area contributed by atoms with Crippen molar-refractivity contribution >= 4 is 23.0 Å². The van der Waals surface area contributed by atoms with Crippen LogP contribution in [0, 0.1) is 20.2 Å². The van der Waals surface area contributed by atoms with E-state index in [9.17, 15) is 25.0 Å². The number of anilines is 1. The van der Waals surface area contributed by atoms with Crippen molar-refractivity contribution in [1.29, 1.82) is 0 Å². The molecule has 4 aromatic rings. The lowest BCUT2D eigenvalue weighted by atomic mass is 10.2. The van der Waals surface area contributed by atoms with Crippen molar-refractivity contribution in [3.05, 3.63) is 111 Å². The van der Waals surface area contributed by atoms with Gasteiger partial charge in [0.05, 0.1) is 28.7 Å². The van der Waals surface area contributed by atoms with Crippen LogP contribution in [0.5, 0.6) is 23.0 Å². The van der Waals surface area contributed by atoms with E-state index in [1.54, 1.807) is 30.3 Å². The fourth-order valence-electron chi connectivity index (χ4n) is 3.25. The lowest BCUT2D eigenvalue weighted by Crippen LogP contribution is -2.11. The molecule has 0 aliphatic rings. The quantitative estimate of drug-likeness (QED) is 0.210. The summed E-state index contributed by atoms with van der Waals surface area (Å²) < 4.78 is 21.7. The van der Waals surface area contributed by atoms with Crippen molar-refractivity contribution in [2.24, 2.45) is 0 Å². The highest BCUT2D eigenvalue weighted by molar-refractivity contribution is 6.02. The van der Waals surface area contributed by atoms with Gasteiger partial charge in [-0.3, -0.25) is 25.0 Å². The van der Waals surface area contributed by atoms with E-state index in [0.29, 0.717) is 11.5 Å².